The van der Waals surface area contributed by atoms with Crippen molar-refractivity contribution in [3.8, 4) is 0 Å². The summed E-state index contributed by atoms with van der Waals surface area (Å²) < 4.78 is 38.7. The third kappa shape index (κ3) is 1.84. The van der Waals surface area contributed by atoms with E-state index in [0.29, 0.717) is 6.07 Å². The molecule has 0 aliphatic heterocycles. The fraction of sp³-hybridized carbons (Fsp3) is 0.250. The van der Waals surface area contributed by atoms with Gasteiger partial charge in [-0.1, -0.05) is 11.6 Å². The first-order valence-electron chi connectivity index (χ1n) is 3.77. The molecule has 0 aliphatic carbocycles. The van der Waals surface area contributed by atoms with E-state index < -0.39 is 28.5 Å². The highest BCUT2D eigenvalue weighted by molar-refractivity contribution is 6.31. The number of halogens is 4. The van der Waals surface area contributed by atoms with E-state index in [1.165, 1.54) is 0 Å². The first-order valence-corrected chi connectivity index (χ1v) is 4.15. The van der Waals surface area contributed by atoms with Crippen LogP contribution in [0.3, 0.4) is 0 Å². The van der Waals surface area contributed by atoms with Crippen LogP contribution < -0.4 is 11.5 Å². The molecule has 78 valence electrons. The second-order valence-corrected chi connectivity index (χ2v) is 3.11. The van der Waals surface area contributed by atoms with Crippen LogP contribution in [0.5, 0.6) is 0 Å². The van der Waals surface area contributed by atoms with Crippen LogP contribution in [0, 0.1) is 17.5 Å². The van der Waals surface area contributed by atoms with Gasteiger partial charge >= 0.3 is 0 Å². The van der Waals surface area contributed by atoms with Crippen molar-refractivity contribution in [2.24, 2.45) is 11.5 Å². The topological polar surface area (TPSA) is 52.0 Å². The van der Waals surface area contributed by atoms with Crippen molar-refractivity contribution < 1.29 is 13.2 Å². The van der Waals surface area contributed by atoms with Gasteiger partial charge in [-0.3, -0.25) is 0 Å². The lowest BCUT2D eigenvalue weighted by molar-refractivity contribution is 0.485. The molecule has 0 amide bonds. The van der Waals surface area contributed by atoms with Crippen molar-refractivity contribution in [2.45, 2.75) is 6.04 Å². The second-order valence-electron chi connectivity index (χ2n) is 2.73. The average molecular weight is 225 g/mol. The van der Waals surface area contributed by atoms with Crippen LogP contribution in [0.15, 0.2) is 6.07 Å². The fourth-order valence-electron chi connectivity index (χ4n) is 0.988. The highest BCUT2D eigenvalue weighted by atomic mass is 35.5. The van der Waals surface area contributed by atoms with Crippen molar-refractivity contribution in [1.82, 2.24) is 0 Å². The van der Waals surface area contributed by atoms with Crippen molar-refractivity contribution >= 4 is 11.6 Å². The van der Waals surface area contributed by atoms with Gasteiger partial charge in [0.05, 0.1) is 0 Å². The second kappa shape index (κ2) is 4.16. The Labute approximate surface area is 83.6 Å². The number of rotatable bonds is 2. The summed E-state index contributed by atoms with van der Waals surface area (Å²) in [4.78, 5) is 0. The molecule has 1 atom stereocenters. The van der Waals surface area contributed by atoms with E-state index in [-0.39, 0.29) is 12.1 Å². The molecule has 14 heavy (non-hydrogen) atoms. The molecule has 0 aliphatic rings. The number of hydrogen-bond acceptors (Lipinski definition) is 2. The molecule has 0 spiro atoms. The molecule has 1 rings (SSSR count). The summed E-state index contributed by atoms with van der Waals surface area (Å²) >= 11 is 5.20. The minimum absolute atomic E-state index is 0.0850. The van der Waals surface area contributed by atoms with Gasteiger partial charge in [0.1, 0.15) is 10.8 Å². The zero-order chi connectivity index (χ0) is 10.9. The van der Waals surface area contributed by atoms with E-state index in [1.807, 2.05) is 0 Å². The lowest BCUT2D eigenvalue weighted by Crippen LogP contribution is -2.22. The van der Waals surface area contributed by atoms with Gasteiger partial charge in [0.15, 0.2) is 11.6 Å². The summed E-state index contributed by atoms with van der Waals surface area (Å²) in [5.74, 6) is -3.73. The van der Waals surface area contributed by atoms with Gasteiger partial charge in [0, 0.05) is 18.2 Å². The predicted molar refractivity (Wildman–Crippen MR) is 47.3 cm³/mol. The molecule has 0 fully saturated rings. The first kappa shape index (κ1) is 11.3. The molecule has 4 N–H and O–H groups in total. The largest absolute Gasteiger partial charge is 0.329 e. The standard InChI is InChI=1S/C8H8ClF3N2/c9-6-7(11)3(5(14)2-13)1-4(10)8(6)12/h1,5H,2,13-14H2. The third-order valence-corrected chi connectivity index (χ3v) is 2.12. The quantitative estimate of drug-likeness (QED) is 0.594. The Balaban J connectivity index is 3.33. The van der Waals surface area contributed by atoms with Gasteiger partial charge in [0.2, 0.25) is 0 Å². The summed E-state index contributed by atoms with van der Waals surface area (Å²) in [6.07, 6.45) is 0. The zero-order valence-electron chi connectivity index (χ0n) is 7.03. The molecule has 0 saturated heterocycles. The van der Waals surface area contributed by atoms with E-state index >= 15 is 0 Å². The van der Waals surface area contributed by atoms with Crippen LogP contribution in [0.25, 0.3) is 0 Å². The van der Waals surface area contributed by atoms with Crippen molar-refractivity contribution in [3.63, 3.8) is 0 Å². The van der Waals surface area contributed by atoms with E-state index in [4.69, 9.17) is 23.1 Å². The molecule has 2 nitrogen and oxygen atoms in total. The van der Waals surface area contributed by atoms with E-state index in [2.05, 4.69) is 0 Å². The fourth-order valence-corrected chi connectivity index (χ4v) is 1.19. The van der Waals surface area contributed by atoms with Gasteiger partial charge in [-0.15, -0.1) is 0 Å². The molecule has 0 saturated carbocycles. The van der Waals surface area contributed by atoms with Crippen molar-refractivity contribution in [1.29, 1.82) is 0 Å². The molecular weight excluding hydrogens is 217 g/mol. The summed E-state index contributed by atoms with van der Waals surface area (Å²) in [6, 6.07) is -0.240. The average Bonchev–Trinajstić information content (AvgIpc) is 2.19. The third-order valence-electron chi connectivity index (χ3n) is 1.78. The number of benzene rings is 1. The Morgan fingerprint density at radius 3 is 2.36 bits per heavy atom. The molecule has 6 heteroatoms. The summed E-state index contributed by atoms with van der Waals surface area (Å²) in [7, 11) is 0. The number of hydrogen-bond donors (Lipinski definition) is 2. The van der Waals surface area contributed by atoms with Crippen LogP contribution in [0.4, 0.5) is 13.2 Å². The van der Waals surface area contributed by atoms with Crippen molar-refractivity contribution in [2.75, 3.05) is 6.54 Å². The summed E-state index contributed by atoms with van der Waals surface area (Å²) in [6.45, 7) is -0.0850. The highest BCUT2D eigenvalue weighted by Gasteiger charge is 2.20. The lowest BCUT2D eigenvalue weighted by atomic mass is 10.1. The molecule has 1 aromatic carbocycles. The van der Waals surface area contributed by atoms with Crippen LogP contribution in [-0.2, 0) is 0 Å². The first-order chi connectivity index (χ1) is 6.49. The van der Waals surface area contributed by atoms with Gasteiger partial charge in [-0.25, -0.2) is 13.2 Å². The van der Waals surface area contributed by atoms with E-state index in [1.54, 1.807) is 0 Å². The molecule has 1 aromatic rings. The highest BCUT2D eigenvalue weighted by Crippen LogP contribution is 2.27. The maximum absolute atomic E-state index is 13.2. The molecule has 0 radical (unpaired) electrons. The van der Waals surface area contributed by atoms with Gasteiger partial charge < -0.3 is 11.5 Å². The molecule has 0 bridgehead atoms. The van der Waals surface area contributed by atoms with Crippen LogP contribution in [0.2, 0.25) is 5.02 Å². The maximum atomic E-state index is 13.2. The smallest absolute Gasteiger partial charge is 0.180 e. The Morgan fingerprint density at radius 1 is 1.29 bits per heavy atom. The Kier molecular flexibility index (Phi) is 3.36. The van der Waals surface area contributed by atoms with Crippen molar-refractivity contribution in [3.05, 3.63) is 34.1 Å². The predicted octanol–water partition coefficient (Wildman–Crippen LogP) is 1.72. The Bertz CT molecular complexity index is 357. The number of nitrogens with two attached hydrogens (primary N) is 2. The minimum Gasteiger partial charge on any atom is -0.329 e. The SMILES string of the molecule is NCC(N)c1cc(F)c(F)c(Cl)c1F. The molecule has 0 heterocycles. The monoisotopic (exact) mass is 224 g/mol. The summed E-state index contributed by atoms with van der Waals surface area (Å²) in [5, 5.41) is -0.899. The van der Waals surface area contributed by atoms with Gasteiger partial charge in [0.25, 0.3) is 0 Å². The maximum Gasteiger partial charge on any atom is 0.180 e. The van der Waals surface area contributed by atoms with Crippen LogP contribution in [-0.4, -0.2) is 6.54 Å². The minimum atomic E-state index is -1.42. The Morgan fingerprint density at radius 2 is 1.86 bits per heavy atom. The molecule has 0 aromatic heterocycles. The Hall–Kier alpha value is -0.780. The molecular formula is C8H8ClF3N2. The van der Waals surface area contributed by atoms with E-state index in [9.17, 15) is 13.2 Å². The van der Waals surface area contributed by atoms with Gasteiger partial charge in [-0.05, 0) is 6.07 Å². The van der Waals surface area contributed by atoms with Gasteiger partial charge in [-0.2, -0.15) is 0 Å². The van der Waals surface area contributed by atoms with E-state index in [0.717, 1.165) is 0 Å². The van der Waals surface area contributed by atoms with Crippen LogP contribution >= 0.6 is 11.6 Å². The lowest BCUT2D eigenvalue weighted by Gasteiger charge is -2.11. The van der Waals surface area contributed by atoms with Crippen LogP contribution in [0.1, 0.15) is 11.6 Å². The normalized spacial score (nSPS) is 13.0. The summed E-state index contributed by atoms with van der Waals surface area (Å²) in [5.41, 5.74) is 10.3. The zero-order valence-corrected chi connectivity index (χ0v) is 7.78. The molecule has 1 unspecified atom stereocenters.